The lowest BCUT2D eigenvalue weighted by molar-refractivity contribution is -0.137. The van der Waals surface area contributed by atoms with Gasteiger partial charge in [0, 0.05) is 50.6 Å². The molecule has 1 aliphatic rings. The third-order valence-electron chi connectivity index (χ3n) is 5.25. The van der Waals surface area contributed by atoms with E-state index in [-0.39, 0.29) is 0 Å². The van der Waals surface area contributed by atoms with Gasteiger partial charge in [-0.2, -0.15) is 18.3 Å². The van der Waals surface area contributed by atoms with Crippen LogP contribution in [-0.4, -0.2) is 60.3 Å². The molecule has 1 fully saturated rings. The highest BCUT2D eigenvalue weighted by atomic mass is 19.4. The minimum Gasteiger partial charge on any atom is -0.368 e. The zero-order valence-electron chi connectivity index (χ0n) is 17.5. The number of piperazine rings is 1. The third kappa shape index (κ3) is 5.67. The molecule has 6 nitrogen and oxygen atoms in total. The summed E-state index contributed by atoms with van der Waals surface area (Å²) in [7, 11) is 0. The summed E-state index contributed by atoms with van der Waals surface area (Å²) in [6.45, 7) is 8.25. The molecule has 164 valence electrons. The van der Waals surface area contributed by atoms with Gasteiger partial charge in [-0.3, -0.25) is 10.1 Å². The molecule has 1 aromatic carbocycles. The van der Waals surface area contributed by atoms with E-state index < -0.39 is 11.7 Å². The van der Waals surface area contributed by atoms with Crippen LogP contribution < -0.4 is 10.2 Å². The standard InChI is InChI=1S/C21H29F3N6/c1-3-25-20(26-9-5-6-17-15-27-28-16(17)2)30-12-10-29(11-13-30)19-8-4-7-18(14-19)21(22,23)24/h4,7-8,14-15H,3,5-6,9-13H2,1-2H3,(H,25,26)(H,27,28). The highest BCUT2D eigenvalue weighted by molar-refractivity contribution is 5.80. The Balaban J connectivity index is 1.55. The van der Waals surface area contributed by atoms with Crippen LogP contribution in [0.25, 0.3) is 0 Å². The van der Waals surface area contributed by atoms with Gasteiger partial charge in [-0.15, -0.1) is 0 Å². The van der Waals surface area contributed by atoms with Crippen LogP contribution in [0.1, 0.15) is 30.2 Å². The number of alkyl halides is 3. The van der Waals surface area contributed by atoms with Crippen LogP contribution in [0, 0.1) is 6.92 Å². The number of aromatic nitrogens is 2. The fourth-order valence-corrected chi connectivity index (χ4v) is 3.56. The maximum absolute atomic E-state index is 13.0. The number of nitrogens with zero attached hydrogens (tertiary/aromatic N) is 4. The molecule has 3 rings (SSSR count). The second kappa shape index (κ2) is 9.86. The van der Waals surface area contributed by atoms with Crippen LogP contribution in [-0.2, 0) is 12.6 Å². The van der Waals surface area contributed by atoms with E-state index in [4.69, 9.17) is 4.99 Å². The van der Waals surface area contributed by atoms with E-state index >= 15 is 0 Å². The first-order valence-corrected chi connectivity index (χ1v) is 10.3. The predicted octanol–water partition coefficient (Wildman–Crippen LogP) is 3.46. The second-order valence-electron chi connectivity index (χ2n) is 7.38. The number of benzene rings is 1. The average Bonchev–Trinajstić information content (AvgIpc) is 3.15. The molecule has 2 aromatic rings. The normalized spacial score (nSPS) is 15.6. The molecule has 1 aromatic heterocycles. The number of nitrogens with one attached hydrogen (secondary N) is 2. The van der Waals surface area contributed by atoms with Crippen molar-refractivity contribution in [2.75, 3.05) is 44.2 Å². The van der Waals surface area contributed by atoms with Crippen molar-refractivity contribution in [3.05, 3.63) is 47.3 Å². The second-order valence-corrected chi connectivity index (χ2v) is 7.38. The summed E-state index contributed by atoms with van der Waals surface area (Å²) in [5.41, 5.74) is 2.31. The van der Waals surface area contributed by atoms with Crippen molar-refractivity contribution in [1.29, 1.82) is 0 Å². The lowest BCUT2D eigenvalue weighted by atomic mass is 10.1. The van der Waals surface area contributed by atoms with Gasteiger partial charge >= 0.3 is 6.18 Å². The van der Waals surface area contributed by atoms with Gasteiger partial charge in [0.25, 0.3) is 0 Å². The number of halogens is 3. The molecule has 0 radical (unpaired) electrons. The average molecular weight is 422 g/mol. The van der Waals surface area contributed by atoms with Gasteiger partial charge in [-0.25, -0.2) is 0 Å². The lowest BCUT2D eigenvalue weighted by Gasteiger charge is -2.38. The molecule has 0 unspecified atom stereocenters. The third-order valence-corrected chi connectivity index (χ3v) is 5.25. The van der Waals surface area contributed by atoms with Crippen molar-refractivity contribution in [3.8, 4) is 0 Å². The Kier molecular flexibility index (Phi) is 7.23. The maximum atomic E-state index is 13.0. The molecule has 9 heteroatoms. The van der Waals surface area contributed by atoms with Crippen LogP contribution in [0.15, 0.2) is 35.5 Å². The Morgan fingerprint density at radius 2 is 2.00 bits per heavy atom. The van der Waals surface area contributed by atoms with E-state index in [0.29, 0.717) is 38.4 Å². The van der Waals surface area contributed by atoms with Crippen molar-refractivity contribution < 1.29 is 13.2 Å². The number of hydrogen-bond acceptors (Lipinski definition) is 3. The van der Waals surface area contributed by atoms with E-state index in [1.807, 2.05) is 24.9 Å². The number of guanidine groups is 1. The van der Waals surface area contributed by atoms with Crippen LogP contribution in [0.5, 0.6) is 0 Å². The molecule has 0 amide bonds. The number of aryl methyl sites for hydroxylation is 2. The van der Waals surface area contributed by atoms with Crippen molar-refractivity contribution in [3.63, 3.8) is 0 Å². The van der Waals surface area contributed by atoms with E-state index in [2.05, 4.69) is 20.4 Å². The number of aromatic amines is 1. The first-order chi connectivity index (χ1) is 14.4. The molecular formula is C21H29F3N6. The van der Waals surface area contributed by atoms with E-state index in [1.54, 1.807) is 6.07 Å². The number of hydrogen-bond donors (Lipinski definition) is 2. The summed E-state index contributed by atoms with van der Waals surface area (Å²) >= 11 is 0. The molecule has 2 heterocycles. The van der Waals surface area contributed by atoms with Gasteiger partial charge in [0.05, 0.1) is 11.8 Å². The summed E-state index contributed by atoms with van der Waals surface area (Å²) in [6.07, 6.45) is -0.608. The van der Waals surface area contributed by atoms with Crippen LogP contribution in [0.2, 0.25) is 0 Å². The van der Waals surface area contributed by atoms with Crippen molar-refractivity contribution in [1.82, 2.24) is 20.4 Å². The minimum absolute atomic E-state index is 0.606. The number of anilines is 1. The summed E-state index contributed by atoms with van der Waals surface area (Å²) in [5, 5.41) is 10.3. The molecule has 1 aliphatic heterocycles. The first-order valence-electron chi connectivity index (χ1n) is 10.3. The summed E-state index contributed by atoms with van der Waals surface area (Å²) in [4.78, 5) is 8.92. The summed E-state index contributed by atoms with van der Waals surface area (Å²) in [6, 6.07) is 5.55. The number of H-pyrrole nitrogens is 1. The van der Waals surface area contributed by atoms with E-state index in [9.17, 15) is 13.2 Å². The zero-order chi connectivity index (χ0) is 21.6. The van der Waals surface area contributed by atoms with Gasteiger partial charge in [0.15, 0.2) is 5.96 Å². The van der Waals surface area contributed by atoms with Crippen molar-refractivity contribution in [2.24, 2.45) is 4.99 Å². The molecule has 0 atom stereocenters. The SMILES string of the molecule is CCNC(=NCCCc1cn[nH]c1C)N1CCN(c2cccc(C(F)(F)F)c2)CC1. The van der Waals surface area contributed by atoms with Crippen molar-refractivity contribution in [2.45, 2.75) is 32.9 Å². The van der Waals surface area contributed by atoms with E-state index in [1.165, 1.54) is 17.7 Å². The molecule has 0 aliphatic carbocycles. The van der Waals surface area contributed by atoms with Crippen LogP contribution in [0.3, 0.4) is 0 Å². The molecule has 0 spiro atoms. The van der Waals surface area contributed by atoms with Gasteiger partial charge in [-0.05, 0) is 50.5 Å². The van der Waals surface area contributed by atoms with E-state index in [0.717, 1.165) is 37.1 Å². The van der Waals surface area contributed by atoms with Gasteiger partial charge < -0.3 is 15.1 Å². The lowest BCUT2D eigenvalue weighted by Crippen LogP contribution is -2.52. The van der Waals surface area contributed by atoms with Gasteiger partial charge in [0.2, 0.25) is 0 Å². The minimum atomic E-state index is -4.32. The topological polar surface area (TPSA) is 59.6 Å². The number of aliphatic imine (C=N–C) groups is 1. The Bertz CT molecular complexity index is 837. The quantitative estimate of drug-likeness (QED) is 0.425. The fraction of sp³-hybridized carbons (Fsp3) is 0.524. The Morgan fingerprint density at radius 1 is 1.23 bits per heavy atom. The van der Waals surface area contributed by atoms with Crippen molar-refractivity contribution >= 4 is 11.6 Å². The summed E-state index contributed by atoms with van der Waals surface area (Å²) in [5.74, 6) is 0.866. The largest absolute Gasteiger partial charge is 0.416 e. The van der Waals surface area contributed by atoms with Crippen LogP contribution in [0.4, 0.5) is 18.9 Å². The molecule has 0 saturated carbocycles. The molecular weight excluding hydrogens is 393 g/mol. The fourth-order valence-electron chi connectivity index (χ4n) is 3.56. The van der Waals surface area contributed by atoms with Crippen LogP contribution >= 0.6 is 0 Å². The Labute approximate surface area is 175 Å². The zero-order valence-corrected chi connectivity index (χ0v) is 17.5. The van der Waals surface area contributed by atoms with Gasteiger partial charge in [0.1, 0.15) is 0 Å². The molecule has 30 heavy (non-hydrogen) atoms. The Morgan fingerprint density at radius 3 is 2.63 bits per heavy atom. The smallest absolute Gasteiger partial charge is 0.368 e. The molecule has 2 N–H and O–H groups in total. The van der Waals surface area contributed by atoms with Gasteiger partial charge in [-0.1, -0.05) is 6.07 Å². The molecule has 1 saturated heterocycles. The molecule has 0 bridgehead atoms. The highest BCUT2D eigenvalue weighted by Crippen LogP contribution is 2.31. The first kappa shape index (κ1) is 22.0. The monoisotopic (exact) mass is 422 g/mol. The Hall–Kier alpha value is -2.71. The maximum Gasteiger partial charge on any atom is 0.416 e. The highest BCUT2D eigenvalue weighted by Gasteiger charge is 2.31. The summed E-state index contributed by atoms with van der Waals surface area (Å²) < 4.78 is 39.0. The predicted molar refractivity (Wildman–Crippen MR) is 113 cm³/mol. The number of rotatable bonds is 6.